The lowest BCUT2D eigenvalue weighted by molar-refractivity contribution is -0.141. The van der Waals surface area contributed by atoms with Crippen LogP contribution in [0.5, 0.6) is 0 Å². The van der Waals surface area contributed by atoms with Crippen molar-refractivity contribution in [3.05, 3.63) is 60.2 Å². The molecule has 5 heteroatoms. The van der Waals surface area contributed by atoms with Gasteiger partial charge in [0, 0.05) is 7.11 Å². The largest absolute Gasteiger partial charge is 0.460 e. The molecule has 0 bridgehead atoms. The van der Waals surface area contributed by atoms with E-state index in [1.165, 1.54) is 38.4 Å². The second-order valence-corrected chi connectivity index (χ2v) is 9.79. The van der Waals surface area contributed by atoms with Crippen molar-refractivity contribution in [1.82, 2.24) is 0 Å². The monoisotopic (exact) mass is 408 g/mol. The molecule has 0 aliphatic carbocycles. The van der Waals surface area contributed by atoms with Gasteiger partial charge in [0.1, 0.15) is 6.61 Å². The Morgan fingerprint density at radius 3 is 2.46 bits per heavy atom. The molecule has 0 aliphatic rings. The molecule has 4 rings (SSSR count). The number of esters is 1. The van der Waals surface area contributed by atoms with Crippen LogP contribution in [0.1, 0.15) is 12.0 Å². The lowest BCUT2D eigenvalue weighted by atomic mass is 9.92. The van der Waals surface area contributed by atoms with Gasteiger partial charge < -0.3 is 9.16 Å². The molecule has 0 saturated carbocycles. The number of carbonyl (C=O) groups is 1. The summed E-state index contributed by atoms with van der Waals surface area (Å²) >= 11 is 1.65. The second-order valence-electron chi connectivity index (χ2n) is 6.99. The van der Waals surface area contributed by atoms with E-state index in [1.807, 2.05) is 0 Å². The van der Waals surface area contributed by atoms with Crippen LogP contribution in [0.4, 0.5) is 0 Å². The van der Waals surface area contributed by atoms with Crippen LogP contribution < -0.4 is 0 Å². The average molecular weight is 409 g/mol. The van der Waals surface area contributed by atoms with E-state index in [0.717, 1.165) is 17.7 Å². The quantitative estimate of drug-likeness (QED) is 0.171. The predicted molar refractivity (Wildman–Crippen MR) is 122 cm³/mol. The van der Waals surface area contributed by atoms with Gasteiger partial charge in [-0.15, -0.1) is 0 Å². The van der Waals surface area contributed by atoms with Crippen molar-refractivity contribution in [3.63, 3.8) is 0 Å². The molecule has 0 atom stereocenters. The normalized spacial score (nSPS) is 12.0. The summed E-state index contributed by atoms with van der Waals surface area (Å²) in [4.78, 5) is 12.1. The van der Waals surface area contributed by atoms with E-state index in [9.17, 15) is 4.79 Å². The first-order valence-corrected chi connectivity index (χ1v) is 12.4. The van der Waals surface area contributed by atoms with Crippen molar-refractivity contribution in [3.8, 4) is 0 Å². The minimum atomic E-state index is -0.342. The number of ether oxygens (including phenoxy) is 1. The molecule has 0 aromatic heterocycles. The molecule has 0 aliphatic heterocycles. The standard InChI is InChI=1S/C23H24O3SSi/c1-25-28-13-3-12-27-15-21(24)26-14-19-9-8-18-7-6-16-4-2-5-17-10-11-20(19)23(18)22(16)17/h2,4-11H,3,12-15,28H2,1H3. The van der Waals surface area contributed by atoms with Gasteiger partial charge in [-0.2, -0.15) is 11.8 Å². The van der Waals surface area contributed by atoms with Gasteiger partial charge in [-0.25, -0.2) is 0 Å². The van der Waals surface area contributed by atoms with Crippen LogP contribution in [0.25, 0.3) is 32.3 Å². The van der Waals surface area contributed by atoms with Crippen LogP contribution in [0, 0.1) is 0 Å². The summed E-state index contributed by atoms with van der Waals surface area (Å²) in [6.45, 7) is 0.324. The summed E-state index contributed by atoms with van der Waals surface area (Å²) in [6, 6.07) is 20.4. The molecular formula is C23H24O3SSi. The van der Waals surface area contributed by atoms with Crippen molar-refractivity contribution in [1.29, 1.82) is 0 Å². The van der Waals surface area contributed by atoms with E-state index in [0.29, 0.717) is 12.4 Å². The van der Waals surface area contributed by atoms with Gasteiger partial charge in [0.25, 0.3) is 0 Å². The zero-order valence-corrected chi connectivity index (χ0v) is 18.3. The third kappa shape index (κ3) is 4.02. The van der Waals surface area contributed by atoms with E-state index in [-0.39, 0.29) is 15.7 Å². The fourth-order valence-electron chi connectivity index (χ4n) is 3.73. The first-order chi connectivity index (χ1) is 13.8. The number of hydrogen-bond donors (Lipinski definition) is 0. The third-order valence-corrected chi connectivity index (χ3v) is 7.33. The van der Waals surface area contributed by atoms with Crippen LogP contribution >= 0.6 is 11.8 Å². The molecular weight excluding hydrogens is 384 g/mol. The topological polar surface area (TPSA) is 35.5 Å². The maximum absolute atomic E-state index is 12.1. The summed E-state index contributed by atoms with van der Waals surface area (Å²) in [6.07, 6.45) is 1.12. The number of carbonyl (C=O) groups excluding carboxylic acids is 1. The van der Waals surface area contributed by atoms with Crippen molar-refractivity contribution < 1.29 is 14.0 Å². The Morgan fingerprint density at radius 2 is 1.68 bits per heavy atom. The van der Waals surface area contributed by atoms with E-state index in [2.05, 4.69) is 54.6 Å². The number of rotatable bonds is 9. The van der Waals surface area contributed by atoms with Gasteiger partial charge in [-0.05, 0) is 56.1 Å². The Hall–Kier alpha value is -2.08. The van der Waals surface area contributed by atoms with Gasteiger partial charge in [-0.3, -0.25) is 4.79 Å². The molecule has 0 heterocycles. The summed E-state index contributed by atoms with van der Waals surface area (Å²) in [5, 5.41) is 7.45. The van der Waals surface area contributed by atoms with Gasteiger partial charge >= 0.3 is 5.97 Å². The van der Waals surface area contributed by atoms with E-state index in [4.69, 9.17) is 9.16 Å². The Bertz CT molecular complexity index is 1080. The minimum Gasteiger partial charge on any atom is -0.460 e. The first kappa shape index (κ1) is 19.2. The number of thioether (sulfide) groups is 1. The Kier molecular flexibility index (Phi) is 6.15. The van der Waals surface area contributed by atoms with Crippen molar-refractivity contribution in [2.75, 3.05) is 18.6 Å². The Morgan fingerprint density at radius 1 is 0.964 bits per heavy atom. The van der Waals surface area contributed by atoms with Gasteiger partial charge in [0.15, 0.2) is 9.76 Å². The smallest absolute Gasteiger partial charge is 0.316 e. The van der Waals surface area contributed by atoms with Crippen molar-refractivity contribution in [2.24, 2.45) is 0 Å². The molecule has 4 aromatic rings. The molecule has 0 saturated heterocycles. The van der Waals surface area contributed by atoms with Crippen molar-refractivity contribution >= 4 is 59.8 Å². The maximum Gasteiger partial charge on any atom is 0.316 e. The Labute approximate surface area is 171 Å². The highest BCUT2D eigenvalue weighted by molar-refractivity contribution is 7.99. The molecule has 28 heavy (non-hydrogen) atoms. The van der Waals surface area contributed by atoms with Gasteiger partial charge in [0.05, 0.1) is 5.75 Å². The molecule has 0 N–H and O–H groups in total. The summed E-state index contributed by atoms with van der Waals surface area (Å²) in [5.41, 5.74) is 1.06. The van der Waals surface area contributed by atoms with Crippen LogP contribution in [0.15, 0.2) is 54.6 Å². The summed E-state index contributed by atoms with van der Waals surface area (Å²) < 4.78 is 10.7. The van der Waals surface area contributed by atoms with Crippen LogP contribution in [-0.2, 0) is 20.6 Å². The van der Waals surface area contributed by atoms with Crippen LogP contribution in [0.3, 0.4) is 0 Å². The number of benzene rings is 4. The molecule has 3 nitrogen and oxygen atoms in total. The van der Waals surface area contributed by atoms with Gasteiger partial charge in [0.2, 0.25) is 0 Å². The number of hydrogen-bond acceptors (Lipinski definition) is 4. The third-order valence-electron chi connectivity index (χ3n) is 5.11. The molecule has 0 amide bonds. The lowest BCUT2D eigenvalue weighted by Gasteiger charge is -2.14. The van der Waals surface area contributed by atoms with E-state index >= 15 is 0 Å². The average Bonchev–Trinajstić information content (AvgIpc) is 2.73. The first-order valence-electron chi connectivity index (χ1n) is 9.65. The highest BCUT2D eigenvalue weighted by Crippen LogP contribution is 2.36. The fraction of sp³-hybridized carbons (Fsp3) is 0.261. The van der Waals surface area contributed by atoms with E-state index < -0.39 is 0 Å². The Balaban J connectivity index is 1.46. The minimum absolute atomic E-state index is 0.139. The van der Waals surface area contributed by atoms with Crippen LogP contribution in [0.2, 0.25) is 6.04 Å². The fourth-order valence-corrected chi connectivity index (χ4v) is 5.64. The highest BCUT2D eigenvalue weighted by atomic mass is 32.2. The molecule has 0 fully saturated rings. The predicted octanol–water partition coefficient (Wildman–Crippen LogP) is 4.90. The maximum atomic E-state index is 12.1. The second kappa shape index (κ2) is 8.95. The van der Waals surface area contributed by atoms with Gasteiger partial charge in [-0.1, -0.05) is 54.6 Å². The zero-order chi connectivity index (χ0) is 19.3. The highest BCUT2D eigenvalue weighted by Gasteiger charge is 2.12. The zero-order valence-electron chi connectivity index (χ0n) is 16.1. The summed E-state index contributed by atoms with van der Waals surface area (Å²) in [5.74, 6) is 1.27. The SMILES string of the molecule is CO[SiH2]CCCSCC(=O)OCc1ccc2ccc3cccc4ccc1c2c34. The van der Waals surface area contributed by atoms with E-state index in [1.54, 1.807) is 18.9 Å². The summed E-state index contributed by atoms with van der Waals surface area (Å²) in [7, 11) is 1.43. The molecule has 0 unspecified atom stereocenters. The molecule has 4 aromatic carbocycles. The van der Waals surface area contributed by atoms with Crippen LogP contribution in [-0.4, -0.2) is 34.3 Å². The lowest BCUT2D eigenvalue weighted by Crippen LogP contribution is -2.08. The molecule has 144 valence electrons. The molecule has 0 radical (unpaired) electrons. The van der Waals surface area contributed by atoms with Crippen molar-refractivity contribution in [2.45, 2.75) is 19.1 Å². The molecule has 0 spiro atoms.